The highest BCUT2D eigenvalue weighted by atomic mass is 16.5. The highest BCUT2D eigenvalue weighted by Crippen LogP contribution is 2.17. The van der Waals surface area contributed by atoms with Crippen LogP contribution in [-0.2, 0) is 6.42 Å². The minimum Gasteiger partial charge on any atom is -0.497 e. The molecule has 0 spiro atoms. The molecule has 90 valence electrons. The molecule has 0 atom stereocenters. The fourth-order valence-corrected chi connectivity index (χ4v) is 1.76. The van der Waals surface area contributed by atoms with E-state index in [2.05, 4.69) is 21.4 Å². The van der Waals surface area contributed by atoms with Gasteiger partial charge in [0, 0.05) is 19.2 Å². The van der Waals surface area contributed by atoms with Crippen molar-refractivity contribution in [2.75, 3.05) is 19.5 Å². The van der Waals surface area contributed by atoms with Crippen LogP contribution in [0.1, 0.15) is 17.0 Å². The Bertz CT molecular complexity index is 505. The van der Waals surface area contributed by atoms with Gasteiger partial charge >= 0.3 is 0 Å². The van der Waals surface area contributed by atoms with Crippen molar-refractivity contribution < 1.29 is 4.74 Å². The summed E-state index contributed by atoms with van der Waals surface area (Å²) in [5.74, 6) is 1.69. The van der Waals surface area contributed by atoms with Crippen LogP contribution in [0.3, 0.4) is 0 Å². The minimum absolute atomic E-state index is 0.806. The van der Waals surface area contributed by atoms with Crippen LogP contribution in [0.2, 0.25) is 0 Å². The van der Waals surface area contributed by atoms with Gasteiger partial charge in [0.05, 0.1) is 12.8 Å². The van der Waals surface area contributed by atoms with Crippen LogP contribution >= 0.6 is 0 Å². The largest absolute Gasteiger partial charge is 0.497 e. The molecule has 0 aliphatic heterocycles. The van der Waals surface area contributed by atoms with E-state index >= 15 is 0 Å². The van der Waals surface area contributed by atoms with Gasteiger partial charge in [-0.1, -0.05) is 12.1 Å². The monoisotopic (exact) mass is 231 g/mol. The molecular weight excluding hydrogens is 214 g/mol. The number of imidazole rings is 1. The normalized spacial score (nSPS) is 10.3. The van der Waals surface area contributed by atoms with Gasteiger partial charge in [-0.2, -0.15) is 0 Å². The first-order valence-corrected chi connectivity index (χ1v) is 5.59. The third-order valence-electron chi connectivity index (χ3n) is 2.73. The third-order valence-corrected chi connectivity index (χ3v) is 2.73. The standard InChI is InChI=1S/C13H17N3O/c1-9-12(16-13(14-2)15-9)8-10-5-4-6-11(7-10)17-3/h4-7H,8H2,1-3H3,(H2,14,15,16). The Morgan fingerprint density at radius 2 is 2.24 bits per heavy atom. The minimum atomic E-state index is 0.806. The Balaban J connectivity index is 2.21. The van der Waals surface area contributed by atoms with Crippen LogP contribution in [0, 0.1) is 6.92 Å². The summed E-state index contributed by atoms with van der Waals surface area (Å²) < 4.78 is 5.21. The molecule has 1 heterocycles. The third kappa shape index (κ3) is 2.58. The van der Waals surface area contributed by atoms with Crippen LogP contribution in [0.5, 0.6) is 5.75 Å². The van der Waals surface area contributed by atoms with Gasteiger partial charge in [0.1, 0.15) is 5.75 Å². The van der Waals surface area contributed by atoms with E-state index in [0.29, 0.717) is 0 Å². The van der Waals surface area contributed by atoms with Crippen LogP contribution in [0.25, 0.3) is 0 Å². The molecule has 17 heavy (non-hydrogen) atoms. The molecule has 4 heteroatoms. The lowest BCUT2D eigenvalue weighted by Gasteiger charge is -2.03. The molecule has 2 aromatic rings. The fourth-order valence-electron chi connectivity index (χ4n) is 1.76. The maximum atomic E-state index is 5.21. The average molecular weight is 231 g/mol. The Morgan fingerprint density at radius 1 is 1.41 bits per heavy atom. The molecule has 0 unspecified atom stereocenters. The first-order valence-electron chi connectivity index (χ1n) is 5.59. The average Bonchev–Trinajstić information content (AvgIpc) is 2.70. The predicted octanol–water partition coefficient (Wildman–Crippen LogP) is 2.36. The SMILES string of the molecule is CNc1nc(Cc2cccc(OC)c2)c(C)[nH]1. The summed E-state index contributed by atoms with van der Waals surface area (Å²) in [5.41, 5.74) is 3.35. The molecule has 0 bridgehead atoms. The molecule has 4 nitrogen and oxygen atoms in total. The summed E-state index contributed by atoms with van der Waals surface area (Å²) in [4.78, 5) is 7.66. The molecule has 1 aromatic heterocycles. The molecule has 1 aromatic carbocycles. The second-order valence-corrected chi connectivity index (χ2v) is 3.94. The Morgan fingerprint density at radius 3 is 2.88 bits per heavy atom. The second kappa shape index (κ2) is 4.91. The van der Waals surface area contributed by atoms with Crippen molar-refractivity contribution in [2.45, 2.75) is 13.3 Å². The number of rotatable bonds is 4. The second-order valence-electron chi connectivity index (χ2n) is 3.94. The zero-order valence-electron chi connectivity index (χ0n) is 10.4. The van der Waals surface area contributed by atoms with Crippen LogP contribution < -0.4 is 10.1 Å². The molecule has 0 saturated carbocycles. The van der Waals surface area contributed by atoms with Crippen molar-refractivity contribution >= 4 is 5.95 Å². The highest BCUT2D eigenvalue weighted by molar-refractivity contribution is 5.35. The summed E-state index contributed by atoms with van der Waals surface area (Å²) in [7, 11) is 3.53. The molecule has 0 aliphatic carbocycles. The van der Waals surface area contributed by atoms with Gasteiger partial charge in [0.15, 0.2) is 5.95 Å². The molecule has 2 rings (SSSR count). The lowest BCUT2D eigenvalue weighted by Crippen LogP contribution is -1.93. The van der Waals surface area contributed by atoms with Crippen molar-refractivity contribution in [1.82, 2.24) is 9.97 Å². The van der Waals surface area contributed by atoms with Crippen molar-refractivity contribution in [2.24, 2.45) is 0 Å². The van der Waals surface area contributed by atoms with E-state index in [-0.39, 0.29) is 0 Å². The summed E-state index contributed by atoms with van der Waals surface area (Å²) >= 11 is 0. The number of benzene rings is 1. The van der Waals surface area contributed by atoms with Gasteiger partial charge in [0.25, 0.3) is 0 Å². The molecule has 2 N–H and O–H groups in total. The Labute approximate surface area is 101 Å². The molecule has 0 aliphatic rings. The number of nitrogens with one attached hydrogen (secondary N) is 2. The van der Waals surface area contributed by atoms with Crippen LogP contribution in [-0.4, -0.2) is 24.1 Å². The van der Waals surface area contributed by atoms with E-state index in [1.165, 1.54) is 5.56 Å². The van der Waals surface area contributed by atoms with Crippen molar-refractivity contribution in [3.63, 3.8) is 0 Å². The number of aromatic nitrogens is 2. The van der Waals surface area contributed by atoms with E-state index in [9.17, 15) is 0 Å². The van der Waals surface area contributed by atoms with Gasteiger partial charge in [-0.05, 0) is 24.6 Å². The van der Waals surface area contributed by atoms with Gasteiger partial charge < -0.3 is 15.0 Å². The molecule has 0 saturated heterocycles. The zero-order valence-corrected chi connectivity index (χ0v) is 10.4. The Hall–Kier alpha value is -1.97. The lowest BCUT2D eigenvalue weighted by molar-refractivity contribution is 0.414. The van der Waals surface area contributed by atoms with E-state index < -0.39 is 0 Å². The zero-order chi connectivity index (χ0) is 12.3. The maximum absolute atomic E-state index is 5.21. The van der Waals surface area contributed by atoms with E-state index in [4.69, 9.17) is 4.74 Å². The first kappa shape index (κ1) is 11.5. The topological polar surface area (TPSA) is 49.9 Å². The number of hydrogen-bond acceptors (Lipinski definition) is 3. The van der Waals surface area contributed by atoms with Crippen molar-refractivity contribution in [3.8, 4) is 5.75 Å². The summed E-state index contributed by atoms with van der Waals surface area (Å²) in [6, 6.07) is 8.05. The number of H-pyrrole nitrogens is 1. The predicted molar refractivity (Wildman–Crippen MR) is 68.7 cm³/mol. The van der Waals surface area contributed by atoms with E-state index in [1.54, 1.807) is 7.11 Å². The highest BCUT2D eigenvalue weighted by Gasteiger charge is 2.06. The van der Waals surface area contributed by atoms with Gasteiger partial charge in [-0.3, -0.25) is 0 Å². The smallest absolute Gasteiger partial charge is 0.200 e. The number of methoxy groups -OCH3 is 1. The molecule has 0 radical (unpaired) electrons. The quantitative estimate of drug-likeness (QED) is 0.849. The summed E-state index contributed by atoms with van der Waals surface area (Å²) in [5, 5.41) is 3.01. The number of aromatic amines is 1. The van der Waals surface area contributed by atoms with Crippen molar-refractivity contribution in [3.05, 3.63) is 41.2 Å². The van der Waals surface area contributed by atoms with E-state index in [0.717, 1.165) is 29.5 Å². The number of anilines is 1. The van der Waals surface area contributed by atoms with Gasteiger partial charge in [-0.15, -0.1) is 0 Å². The number of aryl methyl sites for hydroxylation is 1. The fraction of sp³-hybridized carbons (Fsp3) is 0.308. The van der Waals surface area contributed by atoms with Gasteiger partial charge in [0.2, 0.25) is 0 Å². The van der Waals surface area contributed by atoms with E-state index in [1.807, 2.05) is 32.2 Å². The maximum Gasteiger partial charge on any atom is 0.200 e. The summed E-state index contributed by atoms with van der Waals surface area (Å²) in [6.45, 7) is 2.03. The van der Waals surface area contributed by atoms with Crippen LogP contribution in [0.4, 0.5) is 5.95 Å². The van der Waals surface area contributed by atoms with Crippen molar-refractivity contribution in [1.29, 1.82) is 0 Å². The molecule has 0 fully saturated rings. The number of nitrogens with zero attached hydrogens (tertiary/aromatic N) is 1. The first-order chi connectivity index (χ1) is 8.22. The van der Waals surface area contributed by atoms with Crippen LogP contribution in [0.15, 0.2) is 24.3 Å². The van der Waals surface area contributed by atoms with Gasteiger partial charge in [-0.25, -0.2) is 4.98 Å². The molecule has 0 amide bonds. The molecular formula is C13H17N3O. The number of ether oxygens (including phenoxy) is 1. The lowest BCUT2D eigenvalue weighted by atomic mass is 10.1. The Kier molecular flexibility index (Phi) is 3.32. The number of hydrogen-bond donors (Lipinski definition) is 2. The summed E-state index contributed by atoms with van der Waals surface area (Å²) in [6.07, 6.45) is 0.807.